The highest BCUT2D eigenvalue weighted by atomic mass is 16.7. The van der Waals surface area contributed by atoms with Crippen molar-refractivity contribution < 1.29 is 23.9 Å². The molecule has 0 aromatic heterocycles. The maximum atomic E-state index is 13.2. The van der Waals surface area contributed by atoms with Crippen molar-refractivity contribution in [2.24, 2.45) is 0 Å². The van der Waals surface area contributed by atoms with E-state index in [1.165, 1.54) is 0 Å². The summed E-state index contributed by atoms with van der Waals surface area (Å²) >= 11 is 0. The fourth-order valence-corrected chi connectivity index (χ4v) is 2.66. The molecule has 0 saturated carbocycles. The van der Waals surface area contributed by atoms with Gasteiger partial charge in [0.05, 0.1) is 19.8 Å². The van der Waals surface area contributed by atoms with Gasteiger partial charge in [-0.05, 0) is 37.6 Å². The number of hydrogen-bond acceptors (Lipinski definition) is 5. The van der Waals surface area contributed by atoms with Gasteiger partial charge in [0.1, 0.15) is 0 Å². The summed E-state index contributed by atoms with van der Waals surface area (Å²) in [7, 11) is 0. The molecule has 0 N–H and O–H groups in total. The van der Waals surface area contributed by atoms with Gasteiger partial charge >= 0.3 is 5.97 Å². The van der Waals surface area contributed by atoms with E-state index in [0.29, 0.717) is 12.2 Å². The molecule has 0 aliphatic rings. The SMILES string of the molecule is CCOCC(C(=O)OCC)N(OCC)C(=O)c1cccc2ccccc12. The minimum absolute atomic E-state index is 0.00579. The van der Waals surface area contributed by atoms with E-state index in [9.17, 15) is 9.59 Å². The standard InChI is InChI=1S/C20H25NO5/c1-4-24-14-18(20(23)25-5-2)21(26-6-3)19(22)17-13-9-11-15-10-7-8-12-16(15)17/h7-13,18H,4-6,14H2,1-3H3. The number of hydroxylamine groups is 2. The number of fused-ring (bicyclic) bond motifs is 1. The fraction of sp³-hybridized carbons (Fsp3) is 0.400. The second-order valence-corrected chi connectivity index (χ2v) is 5.50. The van der Waals surface area contributed by atoms with E-state index < -0.39 is 17.9 Å². The predicted octanol–water partition coefficient (Wildman–Crippen LogP) is 3.20. The summed E-state index contributed by atoms with van der Waals surface area (Å²) in [4.78, 5) is 31.1. The van der Waals surface area contributed by atoms with Gasteiger partial charge in [-0.25, -0.2) is 9.86 Å². The van der Waals surface area contributed by atoms with E-state index in [0.717, 1.165) is 15.8 Å². The average Bonchev–Trinajstić information content (AvgIpc) is 2.66. The number of ether oxygens (including phenoxy) is 2. The molecule has 6 nitrogen and oxygen atoms in total. The third-order valence-electron chi connectivity index (χ3n) is 3.81. The number of hydrogen-bond donors (Lipinski definition) is 0. The lowest BCUT2D eigenvalue weighted by atomic mass is 10.0. The number of esters is 1. The zero-order valence-corrected chi connectivity index (χ0v) is 15.4. The number of amides is 1. The molecule has 1 amide bonds. The van der Waals surface area contributed by atoms with E-state index in [4.69, 9.17) is 14.3 Å². The summed E-state index contributed by atoms with van der Waals surface area (Å²) in [5.74, 6) is -0.954. The van der Waals surface area contributed by atoms with Gasteiger partial charge in [-0.3, -0.25) is 9.63 Å². The first-order valence-corrected chi connectivity index (χ1v) is 8.82. The molecule has 0 bridgehead atoms. The lowest BCUT2D eigenvalue weighted by Crippen LogP contribution is -2.48. The van der Waals surface area contributed by atoms with Gasteiger partial charge in [0.15, 0.2) is 6.04 Å². The van der Waals surface area contributed by atoms with Gasteiger partial charge in [0.25, 0.3) is 5.91 Å². The first-order valence-electron chi connectivity index (χ1n) is 8.82. The van der Waals surface area contributed by atoms with Crippen LogP contribution in [0.25, 0.3) is 10.8 Å². The van der Waals surface area contributed by atoms with Gasteiger partial charge in [-0.2, -0.15) is 0 Å². The third kappa shape index (κ3) is 4.59. The number of rotatable bonds is 9. The molecule has 140 valence electrons. The van der Waals surface area contributed by atoms with Crippen molar-refractivity contribution in [1.82, 2.24) is 5.06 Å². The Labute approximate surface area is 153 Å². The highest BCUT2D eigenvalue weighted by molar-refractivity contribution is 6.07. The average molecular weight is 359 g/mol. The van der Waals surface area contributed by atoms with Crippen LogP contribution in [0, 0.1) is 0 Å². The zero-order chi connectivity index (χ0) is 18.9. The Morgan fingerprint density at radius 3 is 2.38 bits per heavy atom. The quantitative estimate of drug-likeness (QED) is 0.508. The highest BCUT2D eigenvalue weighted by Gasteiger charge is 2.33. The van der Waals surface area contributed by atoms with Crippen molar-refractivity contribution in [3.63, 3.8) is 0 Å². The van der Waals surface area contributed by atoms with E-state index in [2.05, 4.69) is 0 Å². The lowest BCUT2D eigenvalue weighted by Gasteiger charge is -2.29. The summed E-state index contributed by atoms with van der Waals surface area (Å²) in [5, 5.41) is 2.81. The maximum absolute atomic E-state index is 13.2. The molecule has 0 fully saturated rings. The molecule has 26 heavy (non-hydrogen) atoms. The molecule has 2 aromatic rings. The summed E-state index contributed by atoms with van der Waals surface area (Å²) in [6, 6.07) is 12.1. The van der Waals surface area contributed by atoms with Gasteiger partial charge in [0.2, 0.25) is 0 Å². The molecule has 2 aromatic carbocycles. The van der Waals surface area contributed by atoms with Crippen LogP contribution in [0.5, 0.6) is 0 Å². The molecule has 0 aliphatic carbocycles. The van der Waals surface area contributed by atoms with Crippen molar-refractivity contribution in [2.45, 2.75) is 26.8 Å². The lowest BCUT2D eigenvalue weighted by molar-refractivity contribution is -0.184. The minimum atomic E-state index is -0.971. The molecular weight excluding hydrogens is 334 g/mol. The Kier molecular flexibility index (Phi) is 7.56. The van der Waals surface area contributed by atoms with Crippen LogP contribution in [-0.2, 0) is 19.1 Å². The Bertz CT molecular complexity index is 741. The molecule has 0 heterocycles. The van der Waals surface area contributed by atoms with Crippen molar-refractivity contribution in [3.05, 3.63) is 48.0 Å². The summed E-state index contributed by atoms with van der Waals surface area (Å²) in [6.45, 7) is 6.16. The monoisotopic (exact) mass is 359 g/mol. The predicted molar refractivity (Wildman–Crippen MR) is 98.7 cm³/mol. The molecule has 1 unspecified atom stereocenters. The van der Waals surface area contributed by atoms with Crippen LogP contribution in [0.2, 0.25) is 0 Å². The van der Waals surface area contributed by atoms with Crippen molar-refractivity contribution in [2.75, 3.05) is 26.4 Å². The van der Waals surface area contributed by atoms with Crippen molar-refractivity contribution in [3.8, 4) is 0 Å². The zero-order valence-electron chi connectivity index (χ0n) is 15.4. The minimum Gasteiger partial charge on any atom is -0.464 e. The van der Waals surface area contributed by atoms with Crippen LogP contribution >= 0.6 is 0 Å². The number of nitrogens with zero attached hydrogens (tertiary/aromatic N) is 1. The fourth-order valence-electron chi connectivity index (χ4n) is 2.66. The van der Waals surface area contributed by atoms with E-state index >= 15 is 0 Å². The van der Waals surface area contributed by atoms with Crippen LogP contribution in [0.4, 0.5) is 0 Å². The topological polar surface area (TPSA) is 65.1 Å². The van der Waals surface area contributed by atoms with Crippen LogP contribution in [0.3, 0.4) is 0 Å². The number of benzene rings is 2. The van der Waals surface area contributed by atoms with Crippen LogP contribution in [0.1, 0.15) is 31.1 Å². The number of carbonyl (C=O) groups is 2. The largest absolute Gasteiger partial charge is 0.464 e. The third-order valence-corrected chi connectivity index (χ3v) is 3.81. The van der Waals surface area contributed by atoms with Crippen molar-refractivity contribution in [1.29, 1.82) is 0 Å². The molecule has 0 radical (unpaired) electrons. The van der Waals surface area contributed by atoms with Crippen LogP contribution in [0.15, 0.2) is 42.5 Å². The number of carbonyl (C=O) groups excluding carboxylic acids is 2. The molecule has 1 atom stereocenters. The van der Waals surface area contributed by atoms with Crippen LogP contribution in [-0.4, -0.2) is 49.4 Å². The first kappa shape index (κ1) is 19.9. The van der Waals surface area contributed by atoms with E-state index in [-0.39, 0.29) is 19.8 Å². The smallest absolute Gasteiger partial charge is 0.333 e. The molecule has 0 saturated heterocycles. The molecule has 6 heteroatoms. The Balaban J connectivity index is 2.41. The molecule has 2 rings (SSSR count). The second kappa shape index (κ2) is 9.89. The summed E-state index contributed by atoms with van der Waals surface area (Å²) in [6.07, 6.45) is 0. The van der Waals surface area contributed by atoms with E-state index in [1.807, 2.05) is 43.3 Å². The summed E-state index contributed by atoms with van der Waals surface area (Å²) in [5.41, 5.74) is 0.461. The second-order valence-electron chi connectivity index (χ2n) is 5.50. The van der Waals surface area contributed by atoms with Gasteiger partial charge in [0, 0.05) is 12.2 Å². The normalized spacial score (nSPS) is 12.0. The van der Waals surface area contributed by atoms with Gasteiger partial charge in [-0.15, -0.1) is 0 Å². The summed E-state index contributed by atoms with van der Waals surface area (Å²) < 4.78 is 10.5. The first-order chi connectivity index (χ1) is 12.6. The van der Waals surface area contributed by atoms with E-state index in [1.54, 1.807) is 19.9 Å². The Hall–Kier alpha value is -2.44. The molecular formula is C20H25NO5. The Morgan fingerprint density at radius 1 is 0.962 bits per heavy atom. The van der Waals surface area contributed by atoms with Crippen molar-refractivity contribution >= 4 is 22.6 Å². The highest BCUT2D eigenvalue weighted by Crippen LogP contribution is 2.21. The van der Waals surface area contributed by atoms with Gasteiger partial charge in [-0.1, -0.05) is 36.4 Å². The van der Waals surface area contributed by atoms with Crippen LogP contribution < -0.4 is 0 Å². The maximum Gasteiger partial charge on any atom is 0.333 e. The van der Waals surface area contributed by atoms with Gasteiger partial charge < -0.3 is 9.47 Å². The molecule has 0 spiro atoms. The molecule has 0 aliphatic heterocycles. The Morgan fingerprint density at radius 2 is 1.69 bits per heavy atom.